The van der Waals surface area contributed by atoms with Gasteiger partial charge in [0, 0.05) is 29.6 Å². The minimum atomic E-state index is -0.685. The molecule has 2 aromatic carbocycles. The van der Waals surface area contributed by atoms with E-state index in [1.165, 1.54) is 17.1 Å². The van der Waals surface area contributed by atoms with E-state index in [9.17, 15) is 18.7 Å². The molecule has 1 heterocycles. The van der Waals surface area contributed by atoms with Crippen molar-refractivity contribution in [2.45, 2.75) is 37.8 Å². The third-order valence-electron chi connectivity index (χ3n) is 7.15. The van der Waals surface area contributed by atoms with Crippen LogP contribution in [0.3, 0.4) is 0 Å². The molecule has 3 saturated carbocycles. The molecule has 0 saturated heterocycles. The first-order chi connectivity index (χ1) is 14.9. The molecule has 3 fully saturated rings. The van der Waals surface area contributed by atoms with E-state index in [1.54, 1.807) is 18.3 Å². The van der Waals surface area contributed by atoms with Crippen LogP contribution in [0.5, 0.6) is 0 Å². The largest absolute Gasteiger partial charge is 0.388 e. The number of benzene rings is 2. The van der Waals surface area contributed by atoms with Gasteiger partial charge in [0.1, 0.15) is 11.6 Å². The number of nitrogens with zero attached hydrogens (tertiary/aromatic N) is 2. The third kappa shape index (κ3) is 3.76. The lowest BCUT2D eigenvalue weighted by molar-refractivity contribution is -0.151. The Kier molecular flexibility index (Phi) is 5.30. The van der Waals surface area contributed by atoms with Crippen LogP contribution in [0.15, 0.2) is 47.6 Å². The van der Waals surface area contributed by atoms with Crippen molar-refractivity contribution >= 4 is 23.7 Å². The van der Waals surface area contributed by atoms with Crippen LogP contribution >= 0.6 is 11.6 Å². The number of carbonyl (C=O) groups is 1. The van der Waals surface area contributed by atoms with Crippen LogP contribution in [0.2, 0.25) is 5.02 Å². The smallest absolute Gasteiger partial charge is 0.246 e. The lowest BCUT2D eigenvalue weighted by Crippen LogP contribution is -2.50. The Morgan fingerprint density at radius 2 is 1.84 bits per heavy atom. The van der Waals surface area contributed by atoms with E-state index in [2.05, 4.69) is 5.10 Å². The number of hydrogen-bond donors (Lipinski definition) is 1. The number of amides is 1. The molecule has 4 atom stereocenters. The van der Waals surface area contributed by atoms with E-state index in [0.29, 0.717) is 29.3 Å². The SMILES string of the molecule is O=C([C@H]1C[C@@H](C(O)c2cccc(Cl)c2)C2CC1C2)N1N=CCC1c1cc(F)cc(F)c1. The van der Waals surface area contributed by atoms with E-state index in [0.717, 1.165) is 24.5 Å². The number of hydrazone groups is 1. The monoisotopic (exact) mass is 444 g/mol. The summed E-state index contributed by atoms with van der Waals surface area (Å²) in [6.45, 7) is 0. The Morgan fingerprint density at radius 1 is 1.10 bits per heavy atom. The summed E-state index contributed by atoms with van der Waals surface area (Å²) in [5.41, 5.74) is 1.17. The van der Waals surface area contributed by atoms with Crippen molar-refractivity contribution in [1.82, 2.24) is 5.01 Å². The summed E-state index contributed by atoms with van der Waals surface area (Å²) < 4.78 is 27.5. The second-order valence-corrected chi connectivity index (χ2v) is 9.37. The van der Waals surface area contributed by atoms with Gasteiger partial charge < -0.3 is 5.11 Å². The minimum absolute atomic E-state index is 0.0333. The maximum Gasteiger partial charge on any atom is 0.246 e. The maximum atomic E-state index is 13.7. The molecule has 1 N–H and O–H groups in total. The molecule has 1 aliphatic heterocycles. The normalized spacial score (nSPS) is 30.2. The molecular weight excluding hydrogens is 422 g/mol. The second-order valence-electron chi connectivity index (χ2n) is 8.93. The molecular formula is C24H23ClF2N2O2. The van der Waals surface area contributed by atoms with Crippen molar-refractivity contribution in [3.63, 3.8) is 0 Å². The van der Waals surface area contributed by atoms with Crippen LogP contribution in [0.25, 0.3) is 0 Å². The quantitative estimate of drug-likeness (QED) is 0.698. The zero-order valence-corrected chi connectivity index (χ0v) is 17.6. The number of halogens is 3. The molecule has 1 amide bonds. The van der Waals surface area contributed by atoms with E-state index in [1.807, 2.05) is 12.1 Å². The lowest BCUT2D eigenvalue weighted by atomic mass is 9.53. The predicted molar refractivity (Wildman–Crippen MR) is 113 cm³/mol. The zero-order chi connectivity index (χ0) is 21.7. The van der Waals surface area contributed by atoms with Crippen molar-refractivity contribution in [2.75, 3.05) is 0 Å². The highest BCUT2D eigenvalue weighted by molar-refractivity contribution is 6.30. The van der Waals surface area contributed by atoms with Crippen molar-refractivity contribution in [2.24, 2.45) is 28.8 Å². The molecule has 162 valence electrons. The van der Waals surface area contributed by atoms with E-state index >= 15 is 0 Å². The van der Waals surface area contributed by atoms with Gasteiger partial charge in [-0.15, -0.1) is 0 Å². The molecule has 6 rings (SSSR count). The molecule has 0 spiro atoms. The van der Waals surface area contributed by atoms with Crippen LogP contribution in [0.1, 0.15) is 49.0 Å². The average Bonchev–Trinajstić information content (AvgIpc) is 3.21. The second kappa shape index (κ2) is 7.99. The molecule has 7 heteroatoms. The Balaban J connectivity index is 1.36. The fourth-order valence-corrected chi connectivity index (χ4v) is 5.73. The first-order valence-corrected chi connectivity index (χ1v) is 11.0. The number of hydrogen-bond acceptors (Lipinski definition) is 3. The zero-order valence-electron chi connectivity index (χ0n) is 16.8. The number of fused-ring (bicyclic) bond motifs is 2. The minimum Gasteiger partial charge on any atom is -0.388 e. The molecule has 31 heavy (non-hydrogen) atoms. The molecule has 2 bridgehead atoms. The molecule has 2 aromatic rings. The molecule has 3 aliphatic carbocycles. The van der Waals surface area contributed by atoms with Gasteiger partial charge in [0.15, 0.2) is 0 Å². The Labute approximate surface area is 184 Å². The van der Waals surface area contributed by atoms with Crippen LogP contribution in [-0.2, 0) is 4.79 Å². The molecule has 4 nitrogen and oxygen atoms in total. The van der Waals surface area contributed by atoms with E-state index < -0.39 is 23.8 Å². The van der Waals surface area contributed by atoms with Gasteiger partial charge in [-0.2, -0.15) is 5.10 Å². The summed E-state index contributed by atoms with van der Waals surface area (Å²) >= 11 is 6.09. The Hall–Kier alpha value is -2.31. The van der Waals surface area contributed by atoms with E-state index in [4.69, 9.17) is 11.6 Å². The molecule has 0 radical (unpaired) electrons. The van der Waals surface area contributed by atoms with Crippen LogP contribution in [0, 0.1) is 35.3 Å². The molecule has 2 unspecified atom stereocenters. The van der Waals surface area contributed by atoms with Gasteiger partial charge in [-0.1, -0.05) is 23.7 Å². The average molecular weight is 445 g/mol. The topological polar surface area (TPSA) is 52.9 Å². The van der Waals surface area contributed by atoms with Gasteiger partial charge >= 0.3 is 0 Å². The van der Waals surface area contributed by atoms with Crippen LogP contribution in [-0.4, -0.2) is 22.2 Å². The van der Waals surface area contributed by atoms with Crippen molar-refractivity contribution in [3.05, 3.63) is 70.2 Å². The van der Waals surface area contributed by atoms with Gasteiger partial charge in [-0.05, 0) is 72.4 Å². The van der Waals surface area contributed by atoms with Crippen LogP contribution in [0.4, 0.5) is 8.78 Å². The summed E-state index contributed by atoms with van der Waals surface area (Å²) in [6.07, 6.45) is 3.72. The van der Waals surface area contributed by atoms with Gasteiger partial charge in [-0.25, -0.2) is 13.8 Å². The summed E-state index contributed by atoms with van der Waals surface area (Å²) in [6, 6.07) is 10.0. The highest BCUT2D eigenvalue weighted by Gasteiger charge is 2.52. The van der Waals surface area contributed by atoms with Crippen LogP contribution < -0.4 is 0 Å². The maximum absolute atomic E-state index is 13.7. The first kappa shape index (κ1) is 20.6. The molecule has 0 aromatic heterocycles. The summed E-state index contributed by atoms with van der Waals surface area (Å²) in [4.78, 5) is 13.5. The lowest BCUT2D eigenvalue weighted by Gasteiger charge is -2.52. The van der Waals surface area contributed by atoms with Gasteiger partial charge in [-0.3, -0.25) is 4.79 Å². The summed E-state index contributed by atoms with van der Waals surface area (Å²) in [5, 5.41) is 17.2. The molecule has 4 aliphatic rings. The van der Waals surface area contributed by atoms with Crippen molar-refractivity contribution in [1.29, 1.82) is 0 Å². The highest BCUT2D eigenvalue weighted by atomic mass is 35.5. The van der Waals surface area contributed by atoms with Gasteiger partial charge in [0.2, 0.25) is 5.91 Å². The summed E-state index contributed by atoms with van der Waals surface area (Å²) in [5.74, 6) is -1.11. The third-order valence-corrected chi connectivity index (χ3v) is 7.39. The Morgan fingerprint density at radius 3 is 2.55 bits per heavy atom. The van der Waals surface area contributed by atoms with Crippen molar-refractivity contribution in [3.8, 4) is 0 Å². The predicted octanol–water partition coefficient (Wildman–Crippen LogP) is 5.27. The van der Waals surface area contributed by atoms with Crippen molar-refractivity contribution < 1.29 is 18.7 Å². The van der Waals surface area contributed by atoms with Gasteiger partial charge in [0.05, 0.1) is 12.1 Å². The van der Waals surface area contributed by atoms with E-state index in [-0.39, 0.29) is 23.7 Å². The fourth-order valence-electron chi connectivity index (χ4n) is 5.53. The number of carbonyl (C=O) groups excluding carboxylic acids is 1. The fraction of sp³-hybridized carbons (Fsp3) is 0.417. The van der Waals surface area contributed by atoms with Gasteiger partial charge in [0.25, 0.3) is 0 Å². The highest BCUT2D eigenvalue weighted by Crippen LogP contribution is 2.56. The Bertz CT molecular complexity index is 1020. The summed E-state index contributed by atoms with van der Waals surface area (Å²) in [7, 11) is 0. The first-order valence-electron chi connectivity index (χ1n) is 10.7. The number of aliphatic hydroxyl groups is 1. The number of rotatable bonds is 4. The number of aliphatic hydroxyl groups excluding tert-OH is 1. The standard InChI is InChI=1S/C24H23ClF2N2O2/c25-17-3-1-2-13(8-17)23(30)20-12-21(15-6-14(20)7-15)24(31)29-22(4-5-28-29)16-9-18(26)11-19(27)10-16/h1-3,5,8-11,14-15,20-23,30H,4,6-7,12H2/t14?,15?,20-,21+,22?,23?/m1/s1.